The largest absolute Gasteiger partial charge is 0.288 e. The molecule has 0 aliphatic heterocycles. The zero-order chi connectivity index (χ0) is 19.1. The van der Waals surface area contributed by atoms with Gasteiger partial charge in [-0.15, -0.1) is 0 Å². The van der Waals surface area contributed by atoms with Crippen LogP contribution in [0.3, 0.4) is 0 Å². The molecule has 0 radical (unpaired) electrons. The Hall–Kier alpha value is -4.06. The molecule has 9 nitrogen and oxygen atoms in total. The number of azide groups is 2. The van der Waals surface area contributed by atoms with Crippen LogP contribution in [0.1, 0.15) is 16.8 Å². The Bertz CT molecular complexity index is 1070. The van der Waals surface area contributed by atoms with Crippen molar-refractivity contribution in [1.82, 2.24) is 9.78 Å². The van der Waals surface area contributed by atoms with Crippen LogP contribution >= 0.6 is 0 Å². The minimum atomic E-state index is 0.320. The fourth-order valence-corrected chi connectivity index (χ4v) is 2.59. The van der Waals surface area contributed by atoms with Gasteiger partial charge in [-0.25, -0.2) is 4.68 Å². The number of benzene rings is 2. The molecule has 2 aromatic carbocycles. The maximum absolute atomic E-state index is 8.95. The topological polar surface area (TPSA) is 128 Å². The average molecular weight is 357 g/mol. The van der Waals surface area contributed by atoms with Gasteiger partial charge < -0.3 is 0 Å². The Morgan fingerprint density at radius 2 is 1.70 bits per heavy atom. The highest BCUT2D eigenvalue weighted by Crippen LogP contribution is 2.26. The summed E-state index contributed by atoms with van der Waals surface area (Å²) in [5, 5.41) is 11.9. The molecule has 0 atom stereocenters. The highest BCUT2D eigenvalue weighted by Gasteiger charge is 2.13. The van der Waals surface area contributed by atoms with E-state index in [4.69, 9.17) is 11.1 Å². The summed E-state index contributed by atoms with van der Waals surface area (Å²) < 4.78 is 1.59. The van der Waals surface area contributed by atoms with Crippen LogP contribution in [-0.2, 0) is 6.54 Å². The summed E-state index contributed by atoms with van der Waals surface area (Å²) in [6.07, 6.45) is 1.62. The van der Waals surface area contributed by atoms with Crippen molar-refractivity contribution in [3.8, 4) is 5.69 Å². The lowest BCUT2D eigenvalue weighted by Crippen LogP contribution is -1.95. The molecule has 9 heteroatoms. The summed E-state index contributed by atoms with van der Waals surface area (Å²) in [4.78, 5) is 10.2. The molecule has 0 saturated carbocycles. The van der Waals surface area contributed by atoms with Gasteiger partial charge in [0.2, 0.25) is 0 Å². The molecular weight excluding hydrogens is 342 g/mol. The number of nitrogens with zero attached hydrogens (tertiary/aromatic N) is 9. The second-order valence-corrected chi connectivity index (χ2v) is 5.55. The van der Waals surface area contributed by atoms with Gasteiger partial charge in [0.05, 0.1) is 17.9 Å². The highest BCUT2D eigenvalue weighted by molar-refractivity contribution is 5.87. The van der Waals surface area contributed by atoms with Gasteiger partial charge in [-0.3, -0.25) is 4.99 Å². The molecule has 0 unspecified atom stereocenters. The third kappa shape index (κ3) is 3.96. The van der Waals surface area contributed by atoms with E-state index >= 15 is 0 Å². The zero-order valence-corrected chi connectivity index (χ0v) is 14.5. The van der Waals surface area contributed by atoms with Gasteiger partial charge in [0.25, 0.3) is 0 Å². The van der Waals surface area contributed by atoms with Crippen molar-refractivity contribution < 1.29 is 0 Å². The first-order chi connectivity index (χ1) is 13.2. The first-order valence-corrected chi connectivity index (χ1v) is 8.07. The Kier molecular flexibility index (Phi) is 5.49. The van der Waals surface area contributed by atoms with Crippen molar-refractivity contribution >= 4 is 17.7 Å². The minimum absolute atomic E-state index is 0.320. The van der Waals surface area contributed by atoms with Gasteiger partial charge in [0.1, 0.15) is 5.82 Å². The van der Waals surface area contributed by atoms with E-state index < -0.39 is 0 Å². The van der Waals surface area contributed by atoms with Crippen LogP contribution in [0.25, 0.3) is 26.6 Å². The molecule has 0 aliphatic rings. The lowest BCUT2D eigenvalue weighted by molar-refractivity contribution is 0.861. The smallest absolute Gasteiger partial charge is 0.139 e. The molecule has 0 aliphatic carbocycles. The van der Waals surface area contributed by atoms with Gasteiger partial charge in [0, 0.05) is 27.3 Å². The van der Waals surface area contributed by atoms with Crippen LogP contribution in [0.15, 0.2) is 69.8 Å². The van der Waals surface area contributed by atoms with Gasteiger partial charge in [0.15, 0.2) is 0 Å². The van der Waals surface area contributed by atoms with Crippen LogP contribution in [0.4, 0.5) is 11.5 Å². The van der Waals surface area contributed by atoms with Crippen molar-refractivity contribution in [2.75, 3.05) is 0 Å². The van der Waals surface area contributed by atoms with Crippen LogP contribution in [-0.4, -0.2) is 16.0 Å². The van der Waals surface area contributed by atoms with Gasteiger partial charge in [-0.2, -0.15) is 5.10 Å². The molecule has 27 heavy (non-hydrogen) atoms. The van der Waals surface area contributed by atoms with Crippen LogP contribution < -0.4 is 0 Å². The first kappa shape index (κ1) is 17.8. The van der Waals surface area contributed by atoms with E-state index in [0.717, 1.165) is 11.3 Å². The molecule has 0 bridgehead atoms. The monoisotopic (exact) mass is 357 g/mol. The molecule has 0 amide bonds. The minimum Gasteiger partial charge on any atom is -0.288 e. The zero-order valence-electron chi connectivity index (χ0n) is 14.5. The Morgan fingerprint density at radius 1 is 1.00 bits per heavy atom. The summed E-state index contributed by atoms with van der Waals surface area (Å²) in [6, 6.07) is 16.6. The molecule has 132 valence electrons. The van der Waals surface area contributed by atoms with Gasteiger partial charge in [-0.1, -0.05) is 47.6 Å². The van der Waals surface area contributed by atoms with E-state index in [9.17, 15) is 0 Å². The number of hydrogen-bond acceptors (Lipinski definition) is 4. The van der Waals surface area contributed by atoms with E-state index in [-0.39, 0.29) is 0 Å². The third-order valence-electron chi connectivity index (χ3n) is 3.85. The number of rotatable bonds is 6. The SMILES string of the molecule is Cc1nn(-c2ccccc2)c(N=[N+]=[N-])c1C=NCc1ccccc1N=[N+]=[N-]. The first-order valence-electron chi connectivity index (χ1n) is 8.07. The number of aliphatic imine (C=N–C) groups is 1. The summed E-state index contributed by atoms with van der Waals surface area (Å²) >= 11 is 0. The number of aryl methyl sites for hydroxylation is 1. The van der Waals surface area contributed by atoms with Gasteiger partial charge >= 0.3 is 0 Å². The second kappa shape index (κ2) is 8.35. The van der Waals surface area contributed by atoms with Crippen LogP contribution in [0.2, 0.25) is 0 Å². The van der Waals surface area contributed by atoms with E-state index in [1.165, 1.54) is 0 Å². The number of hydrogen-bond donors (Lipinski definition) is 0. The van der Waals surface area contributed by atoms with Crippen molar-refractivity contribution in [3.05, 3.63) is 92.3 Å². The Balaban J connectivity index is 1.96. The van der Waals surface area contributed by atoms with Crippen LogP contribution in [0, 0.1) is 6.92 Å². The normalized spacial score (nSPS) is 10.4. The third-order valence-corrected chi connectivity index (χ3v) is 3.85. The van der Waals surface area contributed by atoms with Crippen molar-refractivity contribution in [1.29, 1.82) is 0 Å². The van der Waals surface area contributed by atoms with Crippen molar-refractivity contribution in [3.63, 3.8) is 0 Å². The Morgan fingerprint density at radius 3 is 2.44 bits per heavy atom. The quantitative estimate of drug-likeness (QED) is 0.239. The Labute approximate surface area is 154 Å². The standard InChI is InChI=1S/C18H15N9/c1-13-16(12-21-11-14-7-5-6-10-17(14)22-25-19)18(23-26-20)27(24-13)15-8-3-2-4-9-15/h2-10,12H,11H2,1H3. The number of aromatic nitrogens is 2. The van der Waals surface area contributed by atoms with E-state index in [1.54, 1.807) is 23.0 Å². The molecule has 0 N–H and O–H groups in total. The van der Waals surface area contributed by atoms with Gasteiger partial charge in [-0.05, 0) is 40.8 Å². The fourth-order valence-electron chi connectivity index (χ4n) is 2.59. The molecule has 0 saturated heterocycles. The second-order valence-electron chi connectivity index (χ2n) is 5.55. The fraction of sp³-hybridized carbons (Fsp3) is 0.111. The summed E-state index contributed by atoms with van der Waals surface area (Å²) in [5.74, 6) is 0.369. The molecule has 1 aromatic heterocycles. The van der Waals surface area contributed by atoms with E-state index in [2.05, 4.69) is 30.1 Å². The molecule has 0 spiro atoms. The molecule has 1 heterocycles. The molecule has 0 fully saturated rings. The average Bonchev–Trinajstić information content (AvgIpc) is 3.00. The molecule has 3 aromatic rings. The predicted octanol–water partition coefficient (Wildman–Crippen LogP) is 5.68. The summed E-state index contributed by atoms with van der Waals surface area (Å²) in [6.45, 7) is 2.14. The maximum atomic E-state index is 8.95. The van der Waals surface area contributed by atoms with Crippen LogP contribution in [0.5, 0.6) is 0 Å². The highest BCUT2D eigenvalue weighted by atomic mass is 15.4. The number of para-hydroxylation sites is 1. The van der Waals surface area contributed by atoms with Crippen molar-refractivity contribution in [2.45, 2.75) is 13.5 Å². The lowest BCUT2D eigenvalue weighted by Gasteiger charge is -2.03. The van der Waals surface area contributed by atoms with E-state index in [0.29, 0.717) is 29.3 Å². The summed E-state index contributed by atoms with van der Waals surface area (Å²) in [7, 11) is 0. The van der Waals surface area contributed by atoms with Crippen molar-refractivity contribution in [2.24, 2.45) is 15.2 Å². The van der Waals surface area contributed by atoms with E-state index in [1.807, 2.05) is 49.4 Å². The maximum Gasteiger partial charge on any atom is 0.139 e. The summed E-state index contributed by atoms with van der Waals surface area (Å²) in [5.41, 5.74) is 21.0. The molecule has 3 rings (SSSR count). The lowest BCUT2D eigenvalue weighted by atomic mass is 10.2. The predicted molar refractivity (Wildman–Crippen MR) is 104 cm³/mol. The molecular formula is C18H15N9.